The Morgan fingerprint density at radius 1 is 0.740 bits per heavy atom. The number of nitrogens with one attached hydrogen (secondary N) is 3. The molecule has 0 aliphatic heterocycles. The molecule has 2 rings (SSSR count). The predicted octanol–water partition coefficient (Wildman–Crippen LogP) is 3.56. The van der Waals surface area contributed by atoms with Gasteiger partial charge < -0.3 is 30.2 Å². The number of alkyl carbamates (subject to hydrolysis) is 1. The summed E-state index contributed by atoms with van der Waals surface area (Å²) in [5.41, 5.74) is -1.68. The summed E-state index contributed by atoms with van der Waals surface area (Å²) in [5.74, 6) is -4.11. The minimum atomic E-state index is -1.47. The van der Waals surface area contributed by atoms with Crippen molar-refractivity contribution in [3.05, 3.63) is 71.3 Å². The standard InChI is InChI=1S/C36H47N3O10S/c1-34(2,3)27(40)29(42)37-25(19-22-13-11-10-12-14-22)28(41)38-26(30(43)47-8)21-50-31(44)24-17-15-23(16-18-24)20-36(7,32(45)48-9)39-33(46)49-35(4,5)6/h10-18,25-26H,19-21H2,1-9H3,(H,37,42)(H,38,41)(H,39,46)/t25-,26-,36-/m0/s1. The molecule has 3 atom stereocenters. The molecular weight excluding hydrogens is 666 g/mol. The van der Waals surface area contributed by atoms with Gasteiger partial charge in [-0.05, 0) is 38.8 Å². The van der Waals surface area contributed by atoms with Crippen LogP contribution < -0.4 is 16.0 Å². The van der Waals surface area contributed by atoms with Gasteiger partial charge in [0.05, 0.1) is 14.2 Å². The van der Waals surface area contributed by atoms with Crippen molar-refractivity contribution in [2.75, 3.05) is 20.0 Å². The van der Waals surface area contributed by atoms with Gasteiger partial charge in [-0.3, -0.25) is 19.2 Å². The van der Waals surface area contributed by atoms with E-state index in [1.807, 2.05) is 0 Å². The van der Waals surface area contributed by atoms with Crippen LogP contribution in [0.25, 0.3) is 0 Å². The molecule has 0 saturated heterocycles. The molecule has 0 unspecified atom stereocenters. The summed E-state index contributed by atoms with van der Waals surface area (Å²) in [6.45, 7) is 11.3. The number of hydrogen-bond donors (Lipinski definition) is 3. The highest BCUT2D eigenvalue weighted by molar-refractivity contribution is 8.14. The average Bonchev–Trinajstić information content (AvgIpc) is 3.04. The minimum absolute atomic E-state index is 0.0268. The second kappa shape index (κ2) is 17.8. The first-order chi connectivity index (χ1) is 23.2. The number of ether oxygens (including phenoxy) is 3. The SMILES string of the molecule is COC(=O)[C@H](CSC(=O)c1ccc(C[C@](C)(NC(=O)OC(C)(C)C)C(=O)OC)cc1)NC(=O)[C@H](Cc1ccccc1)NC(=O)C(=O)C(C)(C)C. The fraction of sp³-hybridized carbons (Fsp3) is 0.472. The maximum absolute atomic E-state index is 13.5. The van der Waals surface area contributed by atoms with Crippen LogP contribution in [0.4, 0.5) is 4.79 Å². The molecule has 3 N–H and O–H groups in total. The number of Topliss-reactive ketones (excluding diaryl/α,β-unsaturated/α-hetero) is 1. The van der Waals surface area contributed by atoms with Crippen molar-refractivity contribution in [3.8, 4) is 0 Å². The molecule has 0 bridgehead atoms. The number of carbonyl (C=O) groups excluding carboxylic acids is 7. The van der Waals surface area contributed by atoms with Crippen LogP contribution in [0, 0.1) is 5.41 Å². The topological polar surface area (TPSA) is 183 Å². The second-order valence-electron chi connectivity index (χ2n) is 13.8. The Morgan fingerprint density at radius 2 is 1.34 bits per heavy atom. The van der Waals surface area contributed by atoms with E-state index in [-0.39, 0.29) is 24.2 Å². The van der Waals surface area contributed by atoms with Gasteiger partial charge in [0.15, 0.2) is 0 Å². The van der Waals surface area contributed by atoms with E-state index >= 15 is 0 Å². The Hall–Kier alpha value is -4.72. The highest BCUT2D eigenvalue weighted by atomic mass is 32.2. The number of esters is 2. The van der Waals surface area contributed by atoms with E-state index in [9.17, 15) is 33.6 Å². The molecule has 0 aliphatic carbocycles. The Kier molecular flexibility index (Phi) is 14.7. The van der Waals surface area contributed by atoms with Crippen LogP contribution in [0.3, 0.4) is 0 Å². The highest BCUT2D eigenvalue weighted by Gasteiger charge is 2.38. The third-order valence-electron chi connectivity index (χ3n) is 7.14. The van der Waals surface area contributed by atoms with E-state index in [4.69, 9.17) is 14.2 Å². The number of carbonyl (C=O) groups is 7. The van der Waals surface area contributed by atoms with Crippen LogP contribution >= 0.6 is 11.8 Å². The van der Waals surface area contributed by atoms with Gasteiger partial charge in [-0.25, -0.2) is 14.4 Å². The Balaban J connectivity index is 2.17. The van der Waals surface area contributed by atoms with E-state index in [1.165, 1.54) is 26.2 Å². The molecule has 50 heavy (non-hydrogen) atoms. The van der Waals surface area contributed by atoms with Crippen molar-refractivity contribution in [2.45, 2.75) is 84.5 Å². The fourth-order valence-electron chi connectivity index (χ4n) is 4.54. The normalized spacial score (nSPS) is 13.8. The van der Waals surface area contributed by atoms with Crippen molar-refractivity contribution in [3.63, 3.8) is 0 Å². The summed E-state index contributed by atoms with van der Waals surface area (Å²) in [4.78, 5) is 89.6. The molecule has 0 aromatic heterocycles. The first kappa shape index (κ1) is 41.5. The summed E-state index contributed by atoms with van der Waals surface area (Å²) in [7, 11) is 2.34. The third-order valence-corrected chi connectivity index (χ3v) is 8.13. The lowest BCUT2D eigenvalue weighted by Gasteiger charge is -2.29. The molecule has 0 radical (unpaired) electrons. The maximum Gasteiger partial charge on any atom is 0.408 e. The molecule has 14 heteroatoms. The quantitative estimate of drug-likeness (QED) is 0.148. The maximum atomic E-state index is 13.5. The molecule has 13 nitrogen and oxygen atoms in total. The van der Waals surface area contributed by atoms with Gasteiger partial charge in [-0.2, -0.15) is 0 Å². The summed E-state index contributed by atoms with van der Waals surface area (Å²) in [6, 6.07) is 12.6. The van der Waals surface area contributed by atoms with E-state index in [0.29, 0.717) is 11.1 Å². The predicted molar refractivity (Wildman–Crippen MR) is 187 cm³/mol. The lowest BCUT2D eigenvalue weighted by atomic mass is 9.90. The van der Waals surface area contributed by atoms with Gasteiger partial charge in [0.1, 0.15) is 23.2 Å². The van der Waals surface area contributed by atoms with Gasteiger partial charge in [0, 0.05) is 29.6 Å². The summed E-state index contributed by atoms with van der Waals surface area (Å²) in [6.07, 6.45) is -0.739. The molecule has 0 spiro atoms. The first-order valence-electron chi connectivity index (χ1n) is 15.8. The molecule has 272 valence electrons. The van der Waals surface area contributed by atoms with Gasteiger partial charge in [-0.1, -0.05) is 87.1 Å². The largest absolute Gasteiger partial charge is 0.467 e. The Bertz CT molecular complexity index is 1550. The van der Waals surface area contributed by atoms with Crippen molar-refractivity contribution in [1.29, 1.82) is 0 Å². The smallest absolute Gasteiger partial charge is 0.408 e. The van der Waals surface area contributed by atoms with E-state index in [2.05, 4.69) is 16.0 Å². The Labute approximate surface area is 296 Å². The second-order valence-corrected chi connectivity index (χ2v) is 14.8. The lowest BCUT2D eigenvalue weighted by molar-refractivity contribution is -0.148. The number of hydrogen-bond acceptors (Lipinski definition) is 11. The van der Waals surface area contributed by atoms with Gasteiger partial charge in [-0.15, -0.1) is 0 Å². The minimum Gasteiger partial charge on any atom is -0.467 e. The van der Waals surface area contributed by atoms with Crippen LogP contribution in [0.15, 0.2) is 54.6 Å². The fourth-order valence-corrected chi connectivity index (χ4v) is 5.38. The van der Waals surface area contributed by atoms with Gasteiger partial charge >= 0.3 is 18.0 Å². The molecule has 0 fully saturated rings. The molecule has 0 aliphatic rings. The van der Waals surface area contributed by atoms with Crippen LogP contribution in [0.2, 0.25) is 0 Å². The van der Waals surface area contributed by atoms with Gasteiger partial charge in [0.2, 0.25) is 16.8 Å². The van der Waals surface area contributed by atoms with Gasteiger partial charge in [0.25, 0.3) is 5.91 Å². The van der Waals surface area contributed by atoms with Crippen molar-refractivity contribution in [2.24, 2.45) is 5.41 Å². The zero-order chi connectivity index (χ0) is 37.9. The van der Waals surface area contributed by atoms with E-state index < -0.39 is 69.4 Å². The monoisotopic (exact) mass is 713 g/mol. The van der Waals surface area contributed by atoms with Crippen molar-refractivity contribution >= 4 is 52.5 Å². The summed E-state index contributed by atoms with van der Waals surface area (Å²) in [5, 5.41) is 7.19. The highest BCUT2D eigenvalue weighted by Crippen LogP contribution is 2.21. The molecule has 0 saturated carbocycles. The van der Waals surface area contributed by atoms with E-state index in [0.717, 1.165) is 18.9 Å². The molecular formula is C36H47N3O10S. The van der Waals surface area contributed by atoms with E-state index in [1.54, 1.807) is 84.0 Å². The van der Waals surface area contributed by atoms with Crippen LogP contribution in [-0.4, -0.2) is 83.9 Å². The molecule has 3 amide bonds. The number of thioether (sulfide) groups is 1. The average molecular weight is 714 g/mol. The number of ketones is 1. The lowest BCUT2D eigenvalue weighted by Crippen LogP contribution is -2.55. The molecule has 0 heterocycles. The van der Waals surface area contributed by atoms with Crippen LogP contribution in [0.1, 0.15) is 70.0 Å². The third kappa shape index (κ3) is 13.0. The van der Waals surface area contributed by atoms with Crippen LogP contribution in [-0.2, 0) is 51.0 Å². The summed E-state index contributed by atoms with van der Waals surface area (Å²) < 4.78 is 15.1. The zero-order valence-corrected chi connectivity index (χ0v) is 30.8. The summed E-state index contributed by atoms with van der Waals surface area (Å²) >= 11 is 0.759. The number of rotatable bonds is 14. The molecule has 2 aromatic carbocycles. The Morgan fingerprint density at radius 3 is 1.86 bits per heavy atom. The number of amides is 3. The van der Waals surface area contributed by atoms with Crippen LogP contribution in [0.5, 0.6) is 0 Å². The van der Waals surface area contributed by atoms with Crippen molar-refractivity contribution in [1.82, 2.24) is 16.0 Å². The molecule has 2 aromatic rings. The number of methoxy groups -OCH3 is 2. The zero-order valence-electron chi connectivity index (χ0n) is 30.0. The van der Waals surface area contributed by atoms with Crippen molar-refractivity contribution < 1.29 is 47.8 Å². The first-order valence-corrected chi connectivity index (χ1v) is 16.8. The number of benzene rings is 2.